The van der Waals surface area contributed by atoms with Gasteiger partial charge in [0, 0.05) is 56.8 Å². The van der Waals surface area contributed by atoms with Gasteiger partial charge in [-0.2, -0.15) is 0 Å². The van der Waals surface area contributed by atoms with Gasteiger partial charge in [0.05, 0.1) is 49.1 Å². The topological polar surface area (TPSA) is 334 Å². The van der Waals surface area contributed by atoms with Crippen LogP contribution in [0.1, 0.15) is 143 Å². The molecule has 0 unspecified atom stereocenters. The summed E-state index contributed by atoms with van der Waals surface area (Å²) in [5, 5.41) is 10.6. The highest BCUT2D eigenvalue weighted by Gasteiger charge is 2.64. The molecule has 532 valence electrons. The summed E-state index contributed by atoms with van der Waals surface area (Å²) in [7, 11) is -7.75. The first-order valence-corrected chi connectivity index (χ1v) is 38.2. The summed E-state index contributed by atoms with van der Waals surface area (Å²) >= 11 is 2.30. The van der Waals surface area contributed by atoms with Crippen LogP contribution in [0.4, 0.5) is 4.79 Å². The van der Waals surface area contributed by atoms with Crippen LogP contribution in [0.5, 0.6) is 11.8 Å². The third kappa shape index (κ3) is 16.4. The molecule has 8 aliphatic rings. The number of cyclic esters (lactones) is 2. The van der Waals surface area contributed by atoms with Gasteiger partial charge in [-0.15, -0.1) is 13.2 Å². The Kier molecular flexibility index (Phi) is 21.0. The molecule has 0 spiro atoms. The van der Waals surface area contributed by atoms with Crippen LogP contribution >= 0.6 is 22.6 Å². The third-order valence-electron chi connectivity index (χ3n) is 19.9. The Morgan fingerprint density at radius 3 is 1.77 bits per heavy atom. The third-order valence-corrected chi connectivity index (χ3v) is 24.4. The molecule has 25 nitrogen and oxygen atoms in total. The van der Waals surface area contributed by atoms with Crippen molar-refractivity contribution in [2.75, 3.05) is 26.3 Å². The van der Waals surface area contributed by atoms with Gasteiger partial charge in [-0.3, -0.25) is 43.0 Å². The number of allylic oxidation sites excluding steroid dienone is 1. The van der Waals surface area contributed by atoms with Crippen LogP contribution in [0.25, 0.3) is 27.6 Å². The maximum Gasteiger partial charge on any atom is 0.407 e. The number of nitrogens with zero attached hydrogens (tertiary/aromatic N) is 4. The number of hydrogen-bond acceptors (Lipinski definition) is 18. The maximum absolute atomic E-state index is 14.4. The molecule has 2 saturated heterocycles. The van der Waals surface area contributed by atoms with E-state index in [0.717, 1.165) is 55.5 Å². The summed E-state index contributed by atoms with van der Waals surface area (Å²) in [5.41, 5.74) is -2.45. The van der Waals surface area contributed by atoms with Crippen LogP contribution < -0.4 is 34.9 Å². The van der Waals surface area contributed by atoms with Crippen LogP contribution in [0.2, 0.25) is 0 Å². The number of rotatable bonds is 12. The predicted molar refractivity (Wildman–Crippen MR) is 376 cm³/mol. The molecule has 2 aromatic heterocycles. The number of ether oxygens (including phenoxy) is 4. The summed E-state index contributed by atoms with van der Waals surface area (Å²) in [6, 6.07) is 10.7. The van der Waals surface area contributed by atoms with Gasteiger partial charge in [0.25, 0.3) is 11.8 Å². The van der Waals surface area contributed by atoms with E-state index >= 15 is 0 Å². The number of pyridine rings is 2. The van der Waals surface area contributed by atoms with Gasteiger partial charge in [-0.1, -0.05) is 78.0 Å². The minimum absolute atomic E-state index is 0.00474. The second-order valence-electron chi connectivity index (χ2n) is 29.5. The molecule has 12 rings (SSSR count). The lowest BCUT2D eigenvalue weighted by atomic mass is 9.77. The molecule has 2 aromatic carbocycles. The van der Waals surface area contributed by atoms with Crippen LogP contribution in [-0.2, 0) is 69.5 Å². The highest BCUT2D eigenvalue weighted by Crippen LogP contribution is 2.48. The highest BCUT2D eigenvalue weighted by molar-refractivity contribution is 14.1. The number of esters is 1. The van der Waals surface area contributed by atoms with E-state index in [1.54, 1.807) is 33.2 Å². The number of carbonyl (C=O) groups excluding carboxylic acids is 8. The van der Waals surface area contributed by atoms with Crippen molar-refractivity contribution in [3.63, 3.8) is 0 Å². The number of benzene rings is 2. The number of sulfonamides is 2. The zero-order valence-corrected chi connectivity index (χ0v) is 60.4. The summed E-state index contributed by atoms with van der Waals surface area (Å²) in [6.45, 7) is 18.9. The van der Waals surface area contributed by atoms with Gasteiger partial charge in [0.2, 0.25) is 55.4 Å². The maximum atomic E-state index is 14.4. The van der Waals surface area contributed by atoms with Crippen molar-refractivity contribution >= 4 is 118 Å². The van der Waals surface area contributed by atoms with Crippen molar-refractivity contribution in [1.82, 2.24) is 45.2 Å². The molecule has 28 heteroatoms. The van der Waals surface area contributed by atoms with E-state index in [0.29, 0.717) is 56.7 Å². The first-order valence-electron chi connectivity index (χ1n) is 34.0. The predicted octanol–water partition coefficient (Wildman–Crippen LogP) is 7.38. The molecule has 7 amide bonds. The smallest absolute Gasteiger partial charge is 0.407 e. The van der Waals surface area contributed by atoms with Gasteiger partial charge in [-0.05, 0) is 157 Å². The Morgan fingerprint density at radius 1 is 0.667 bits per heavy atom. The molecule has 4 saturated carbocycles. The van der Waals surface area contributed by atoms with E-state index in [2.05, 4.69) is 83.2 Å². The van der Waals surface area contributed by atoms with Gasteiger partial charge in [0.15, 0.2) is 0 Å². The molecule has 8 bridgehead atoms. The summed E-state index contributed by atoms with van der Waals surface area (Å²) in [4.78, 5) is 122. The Morgan fingerprint density at radius 2 is 1.22 bits per heavy atom. The molecule has 10 atom stereocenters. The number of alkyl carbamates (subject to hydrolysis) is 1. The lowest BCUT2D eigenvalue weighted by Crippen LogP contribution is -2.60. The Bertz CT molecular complexity index is 4170. The summed E-state index contributed by atoms with van der Waals surface area (Å²) in [5.74, 6) is -5.44. The minimum atomic E-state index is -3.88. The number of carbonyl (C=O) groups is 8. The number of halogens is 1. The fourth-order valence-electron chi connectivity index (χ4n) is 13.5. The molecule has 5 N–H and O–H groups in total. The van der Waals surface area contributed by atoms with E-state index in [9.17, 15) is 55.2 Å². The first kappa shape index (κ1) is 72.5. The molecule has 99 heavy (non-hydrogen) atoms. The van der Waals surface area contributed by atoms with E-state index < -0.39 is 148 Å². The Hall–Kier alpha value is -7.73. The minimum Gasteiger partial charge on any atom is -0.472 e. The lowest BCUT2D eigenvalue weighted by molar-refractivity contribution is -0.153. The summed E-state index contributed by atoms with van der Waals surface area (Å²) in [6.07, 6.45) is 14.9. The SMILES string of the molecule is C=C[C@@H]1C[C@]1(NC(=O)[C@@H]1C[C@@H]2CN1C(=O)[C@H](C(C)(C)C)CC(=O)OCCC/C=C/c1ccc3ccnc(c3c1)O2)C(=O)NS(=O)(=O)C1CC1.C=C[C@@H]1C[C@]1(NC(=O)[C@@H]1C[C@@H]2CN1C(=O)[C@H](C(C)(C)C)NC(=O)OCCCCCc1cc(I)c3ccnc(c3c1)O2)C(=O)NS(=O)(=O)C1CC1. The van der Waals surface area contributed by atoms with Crippen molar-refractivity contribution in [2.24, 2.45) is 28.6 Å². The van der Waals surface area contributed by atoms with Crippen molar-refractivity contribution in [1.29, 1.82) is 0 Å². The molecule has 6 fully saturated rings. The van der Waals surface area contributed by atoms with Crippen LogP contribution in [-0.4, -0.2) is 162 Å². The molecular weight excluding hydrogens is 1430 g/mol. The van der Waals surface area contributed by atoms with Crippen LogP contribution in [0.3, 0.4) is 0 Å². The van der Waals surface area contributed by atoms with Crippen molar-refractivity contribution < 1.29 is 74.1 Å². The van der Waals surface area contributed by atoms with E-state index in [4.69, 9.17) is 18.9 Å². The quantitative estimate of drug-likeness (QED) is 0.0524. The van der Waals surface area contributed by atoms with Crippen molar-refractivity contribution in [3.8, 4) is 11.8 Å². The number of aryl methyl sites for hydroxylation is 1. The van der Waals surface area contributed by atoms with E-state index in [1.807, 2.05) is 63.3 Å². The zero-order chi connectivity index (χ0) is 71.1. The van der Waals surface area contributed by atoms with Gasteiger partial charge < -0.3 is 44.7 Å². The fourth-order valence-corrected chi connectivity index (χ4v) is 17.1. The average molecular weight is 1510 g/mol. The normalized spacial score (nSPS) is 28.1. The van der Waals surface area contributed by atoms with Gasteiger partial charge in [-0.25, -0.2) is 31.6 Å². The highest BCUT2D eigenvalue weighted by atomic mass is 127. The van der Waals surface area contributed by atoms with Gasteiger partial charge in [0.1, 0.15) is 41.4 Å². The molecule has 4 aliphatic heterocycles. The first-order chi connectivity index (χ1) is 46.8. The fraction of sp³-hybridized carbons (Fsp3) is 0.549. The molecule has 4 aliphatic carbocycles. The lowest BCUT2D eigenvalue weighted by Gasteiger charge is -2.35. The molecule has 0 radical (unpaired) electrons. The Balaban J connectivity index is 0.000000200. The van der Waals surface area contributed by atoms with E-state index in [1.165, 1.54) is 22.0 Å². The zero-order valence-electron chi connectivity index (χ0n) is 56.6. The van der Waals surface area contributed by atoms with Crippen molar-refractivity contribution in [3.05, 3.63) is 101 Å². The van der Waals surface area contributed by atoms with Crippen LogP contribution in [0, 0.1) is 32.2 Å². The second-order valence-corrected chi connectivity index (χ2v) is 34.6. The van der Waals surface area contributed by atoms with Gasteiger partial charge >= 0.3 is 12.1 Å². The number of amides is 7. The number of fused-ring (bicyclic) bond motifs is 6. The largest absolute Gasteiger partial charge is 0.472 e. The van der Waals surface area contributed by atoms with Crippen molar-refractivity contribution in [2.45, 2.75) is 190 Å². The average Bonchev–Trinajstić information content (AvgIpc) is 1.57. The molecule has 4 aromatic rings. The van der Waals surface area contributed by atoms with E-state index in [-0.39, 0.29) is 58.4 Å². The standard InChI is InChI=1S/C36H44N4O8S.C35H44IN5O8S/c1-5-24-20-36(24,34(44)39-49(45,46)26-12-13-26)38-31(42)29-18-25-21-40(29)33(43)28(35(2,3)4)19-30(41)47-16-8-6-7-9-22-10-11-23-14-15-37-32(48-25)27(23)17-22;1-5-21-18-35(21,32(44)40-50(46,47)23-10-11-23)39-29(42)27-17-22-19-41(27)31(43)28(34(2,3)4)38-33(45)48-14-8-6-7-9-20-15-25-24(26(36)16-20)12-13-37-30(25)49-22/h5,7,9-11,14-15,17,24-26,28-29H,1,6,8,12-13,16,18-21H2,2-4H3,(H,38,42)(H,39,44);5,12-13,15-16,21-23,27-28H,1,6-11,14,17-19H2,2-4H3,(H,38,45)(H,39,42)(H,40,44)/b9-7+;/t24-,25-,28-,29+,36-;21-,22-,27+,28-,35-/m11/s1. The molecule has 6 heterocycles. The summed E-state index contributed by atoms with van der Waals surface area (Å²) < 4.78 is 79.9. The monoisotopic (exact) mass is 1510 g/mol. The number of hydrogen-bond donors (Lipinski definition) is 5. The molecular formula is C71H88IN9O16S2. The number of aromatic nitrogens is 2. The number of nitrogens with one attached hydrogen (secondary N) is 5. The van der Waals surface area contributed by atoms with Crippen LogP contribution in [0.15, 0.2) is 86.2 Å². The Labute approximate surface area is 590 Å². The second kappa shape index (κ2) is 28.7.